The first-order valence-corrected chi connectivity index (χ1v) is 7.48. The van der Waals surface area contributed by atoms with Crippen LogP contribution in [0.3, 0.4) is 0 Å². The number of aliphatic hydroxyl groups is 1. The van der Waals surface area contributed by atoms with Crippen molar-refractivity contribution >= 4 is 33.2 Å². The van der Waals surface area contributed by atoms with Crippen molar-refractivity contribution in [1.29, 1.82) is 0 Å². The minimum Gasteiger partial charge on any atom is -0.392 e. The van der Waals surface area contributed by atoms with Gasteiger partial charge in [-0.2, -0.15) is 5.21 Å². The van der Waals surface area contributed by atoms with Gasteiger partial charge in [0, 0.05) is 5.02 Å². The standard InChI is InChI=1S/C9H9Cl2N5O3S/c10-6-1-5(4-17)9(11)7(2-6)20(18,19)12-3-8-13-15-16-14-8/h1-2,12,17H,3-4H2,(H,13,14,15,16). The predicted octanol–water partition coefficient (Wildman–Crippen LogP) is 0.477. The molecule has 0 spiro atoms. The van der Waals surface area contributed by atoms with Crippen LogP contribution >= 0.6 is 23.2 Å². The summed E-state index contributed by atoms with van der Waals surface area (Å²) in [5, 5.41) is 21.9. The van der Waals surface area contributed by atoms with E-state index in [1.54, 1.807) is 0 Å². The molecule has 2 rings (SSSR count). The molecule has 108 valence electrons. The molecule has 20 heavy (non-hydrogen) atoms. The van der Waals surface area contributed by atoms with Gasteiger partial charge >= 0.3 is 0 Å². The molecule has 0 atom stereocenters. The summed E-state index contributed by atoms with van der Waals surface area (Å²) in [7, 11) is -3.92. The number of nitrogens with one attached hydrogen (secondary N) is 2. The molecular weight excluding hydrogens is 329 g/mol. The third-order valence-corrected chi connectivity index (χ3v) is 4.55. The average molecular weight is 338 g/mol. The van der Waals surface area contributed by atoms with Crippen molar-refractivity contribution in [3.8, 4) is 0 Å². The molecule has 11 heteroatoms. The van der Waals surface area contributed by atoms with Crippen molar-refractivity contribution in [2.75, 3.05) is 0 Å². The molecule has 8 nitrogen and oxygen atoms in total. The molecule has 0 saturated heterocycles. The van der Waals surface area contributed by atoms with Crippen molar-refractivity contribution in [1.82, 2.24) is 25.3 Å². The minimum absolute atomic E-state index is 0.0856. The molecule has 0 aliphatic carbocycles. The number of halogens is 2. The molecular formula is C9H9Cl2N5O3S. The van der Waals surface area contributed by atoms with E-state index in [-0.39, 0.29) is 32.9 Å². The third-order valence-electron chi connectivity index (χ3n) is 2.35. The van der Waals surface area contributed by atoms with E-state index < -0.39 is 16.6 Å². The van der Waals surface area contributed by atoms with Gasteiger partial charge in [-0.3, -0.25) is 0 Å². The smallest absolute Gasteiger partial charge is 0.242 e. The number of hydrogen-bond donors (Lipinski definition) is 3. The van der Waals surface area contributed by atoms with Crippen LogP contribution in [0, 0.1) is 0 Å². The van der Waals surface area contributed by atoms with Gasteiger partial charge in [-0.1, -0.05) is 28.4 Å². The highest BCUT2D eigenvalue weighted by Gasteiger charge is 2.21. The molecule has 1 heterocycles. The number of H-pyrrole nitrogens is 1. The highest BCUT2D eigenvalue weighted by atomic mass is 35.5. The lowest BCUT2D eigenvalue weighted by Gasteiger charge is -2.10. The van der Waals surface area contributed by atoms with Crippen molar-refractivity contribution in [2.24, 2.45) is 0 Å². The third kappa shape index (κ3) is 3.25. The van der Waals surface area contributed by atoms with Gasteiger partial charge in [-0.05, 0) is 17.7 Å². The van der Waals surface area contributed by atoms with Crippen molar-refractivity contribution in [3.05, 3.63) is 33.6 Å². The van der Waals surface area contributed by atoms with E-state index >= 15 is 0 Å². The fourth-order valence-electron chi connectivity index (χ4n) is 1.42. The Morgan fingerprint density at radius 3 is 2.70 bits per heavy atom. The summed E-state index contributed by atoms with van der Waals surface area (Å²) in [6, 6.07) is 2.59. The van der Waals surface area contributed by atoms with Crippen LogP contribution in [0.5, 0.6) is 0 Å². The van der Waals surface area contributed by atoms with Gasteiger partial charge in [-0.15, -0.1) is 10.2 Å². The number of aromatic amines is 1. The second-order valence-corrected chi connectivity index (χ2v) is 6.24. The molecule has 0 aliphatic heterocycles. The van der Waals surface area contributed by atoms with Crippen LogP contribution in [0.15, 0.2) is 17.0 Å². The lowest BCUT2D eigenvalue weighted by Crippen LogP contribution is -2.24. The molecule has 0 radical (unpaired) electrons. The number of tetrazole rings is 1. The summed E-state index contributed by atoms with van der Waals surface area (Å²) >= 11 is 11.7. The number of sulfonamides is 1. The van der Waals surface area contributed by atoms with Gasteiger partial charge in [0.25, 0.3) is 0 Å². The highest BCUT2D eigenvalue weighted by Crippen LogP contribution is 2.29. The first-order chi connectivity index (χ1) is 9.44. The minimum atomic E-state index is -3.92. The van der Waals surface area contributed by atoms with Gasteiger partial charge in [0.1, 0.15) is 4.90 Å². The van der Waals surface area contributed by atoms with Gasteiger partial charge in [0.05, 0.1) is 18.2 Å². The van der Waals surface area contributed by atoms with E-state index in [1.807, 2.05) is 0 Å². The van der Waals surface area contributed by atoms with Crippen molar-refractivity contribution in [2.45, 2.75) is 18.0 Å². The first kappa shape index (κ1) is 15.1. The summed E-state index contributed by atoms with van der Waals surface area (Å²) in [5.41, 5.74) is 0.221. The van der Waals surface area contributed by atoms with E-state index in [9.17, 15) is 8.42 Å². The Morgan fingerprint density at radius 2 is 2.10 bits per heavy atom. The van der Waals surface area contributed by atoms with E-state index in [4.69, 9.17) is 28.3 Å². The first-order valence-electron chi connectivity index (χ1n) is 5.25. The SMILES string of the molecule is O=S(=O)(NCc1nn[nH]n1)c1cc(Cl)cc(CO)c1Cl. The largest absolute Gasteiger partial charge is 0.392 e. The molecule has 0 amide bonds. The van der Waals surface area contributed by atoms with Crippen LogP contribution in [0.1, 0.15) is 11.4 Å². The molecule has 3 N–H and O–H groups in total. The Balaban J connectivity index is 2.31. The lowest BCUT2D eigenvalue weighted by molar-refractivity contribution is 0.281. The number of aliphatic hydroxyl groups excluding tert-OH is 1. The van der Waals surface area contributed by atoms with Gasteiger partial charge in [0.2, 0.25) is 10.0 Å². The average Bonchev–Trinajstić information content (AvgIpc) is 2.92. The quantitative estimate of drug-likeness (QED) is 0.729. The molecule has 0 saturated carbocycles. The summed E-state index contributed by atoms with van der Waals surface area (Å²) in [6.07, 6.45) is 0. The lowest BCUT2D eigenvalue weighted by atomic mass is 10.2. The molecule has 0 unspecified atom stereocenters. The monoisotopic (exact) mass is 337 g/mol. The second kappa shape index (κ2) is 6.02. The van der Waals surface area contributed by atoms with E-state index in [0.717, 1.165) is 0 Å². The number of aromatic nitrogens is 4. The Kier molecular flexibility index (Phi) is 4.55. The zero-order chi connectivity index (χ0) is 14.8. The molecule has 0 bridgehead atoms. The highest BCUT2D eigenvalue weighted by molar-refractivity contribution is 7.89. The number of nitrogens with zero attached hydrogens (tertiary/aromatic N) is 3. The van der Waals surface area contributed by atoms with Crippen molar-refractivity contribution < 1.29 is 13.5 Å². The summed E-state index contributed by atoms with van der Waals surface area (Å²) in [6.45, 7) is -0.580. The zero-order valence-electron chi connectivity index (χ0n) is 9.84. The topological polar surface area (TPSA) is 121 Å². The van der Waals surface area contributed by atoms with Gasteiger partial charge in [0.15, 0.2) is 5.82 Å². The number of hydrogen-bond acceptors (Lipinski definition) is 6. The Hall–Kier alpha value is -1.26. The molecule has 1 aromatic heterocycles. The molecule has 0 aliphatic rings. The Labute approximate surface area is 124 Å². The van der Waals surface area contributed by atoms with Crippen LogP contribution in [-0.2, 0) is 23.2 Å². The maximum absolute atomic E-state index is 12.1. The summed E-state index contributed by atoms with van der Waals surface area (Å²) in [5.74, 6) is 0.175. The van der Waals surface area contributed by atoms with Crippen LogP contribution in [0.25, 0.3) is 0 Å². The van der Waals surface area contributed by atoms with E-state index in [0.29, 0.717) is 0 Å². The van der Waals surface area contributed by atoms with Crippen LogP contribution in [0.2, 0.25) is 10.0 Å². The maximum atomic E-state index is 12.1. The van der Waals surface area contributed by atoms with Gasteiger partial charge < -0.3 is 5.11 Å². The predicted molar refractivity (Wildman–Crippen MR) is 70.6 cm³/mol. The van der Waals surface area contributed by atoms with Gasteiger partial charge in [-0.25, -0.2) is 13.1 Å². The molecule has 0 fully saturated rings. The van der Waals surface area contributed by atoms with Crippen molar-refractivity contribution in [3.63, 3.8) is 0 Å². The fourth-order valence-corrected chi connectivity index (χ4v) is 3.33. The summed E-state index contributed by atoms with van der Waals surface area (Å²) in [4.78, 5) is -0.223. The van der Waals surface area contributed by atoms with E-state index in [1.165, 1.54) is 12.1 Å². The number of benzene rings is 1. The number of rotatable bonds is 5. The molecule has 2 aromatic rings. The Morgan fingerprint density at radius 1 is 1.35 bits per heavy atom. The second-order valence-electron chi connectivity index (χ2n) is 3.69. The summed E-state index contributed by atoms with van der Waals surface area (Å²) < 4.78 is 26.6. The van der Waals surface area contributed by atoms with Crippen LogP contribution < -0.4 is 4.72 Å². The molecule has 1 aromatic carbocycles. The fraction of sp³-hybridized carbons (Fsp3) is 0.222. The van der Waals surface area contributed by atoms with Crippen LogP contribution in [-0.4, -0.2) is 34.1 Å². The van der Waals surface area contributed by atoms with Crippen LogP contribution in [0.4, 0.5) is 0 Å². The normalized spacial score (nSPS) is 11.8. The van der Waals surface area contributed by atoms with E-state index in [2.05, 4.69) is 25.3 Å². The zero-order valence-corrected chi connectivity index (χ0v) is 12.2. The Bertz CT molecular complexity index is 705. The maximum Gasteiger partial charge on any atom is 0.242 e.